The van der Waals surface area contributed by atoms with Crippen molar-refractivity contribution in [1.29, 1.82) is 0 Å². The molecule has 2 unspecified atom stereocenters. The third-order valence-corrected chi connectivity index (χ3v) is 3.50. The molecule has 0 aliphatic carbocycles. The lowest BCUT2D eigenvalue weighted by atomic mass is 9.98. The summed E-state index contributed by atoms with van der Waals surface area (Å²) in [6, 6.07) is -0.327. The minimum Gasteiger partial charge on any atom is -0.344 e. The first-order valence-corrected chi connectivity index (χ1v) is 6.68. The summed E-state index contributed by atoms with van der Waals surface area (Å²) in [5.41, 5.74) is 0. The molecule has 0 aromatic carbocycles. The Morgan fingerprint density at radius 2 is 2.12 bits per heavy atom. The zero-order valence-electron chi connectivity index (χ0n) is 11.2. The van der Waals surface area contributed by atoms with Gasteiger partial charge in [-0.05, 0) is 12.3 Å². The summed E-state index contributed by atoms with van der Waals surface area (Å²) in [7, 11) is 0. The SMILES string of the molecule is CCCCN1CCC(=O)NC(C(C)CC)C1=O. The summed E-state index contributed by atoms with van der Waals surface area (Å²) in [6.45, 7) is 7.52. The van der Waals surface area contributed by atoms with Gasteiger partial charge in [-0.25, -0.2) is 0 Å². The molecule has 1 saturated heterocycles. The van der Waals surface area contributed by atoms with Crippen molar-refractivity contribution in [1.82, 2.24) is 10.2 Å². The molecule has 2 amide bonds. The van der Waals surface area contributed by atoms with Crippen LogP contribution in [0.1, 0.15) is 46.5 Å². The van der Waals surface area contributed by atoms with Crippen molar-refractivity contribution >= 4 is 11.8 Å². The van der Waals surface area contributed by atoms with Crippen LogP contribution in [-0.4, -0.2) is 35.8 Å². The highest BCUT2D eigenvalue weighted by molar-refractivity contribution is 5.90. The molecule has 98 valence electrons. The van der Waals surface area contributed by atoms with Gasteiger partial charge in [-0.15, -0.1) is 0 Å². The van der Waals surface area contributed by atoms with Crippen molar-refractivity contribution in [2.45, 2.75) is 52.5 Å². The van der Waals surface area contributed by atoms with Gasteiger partial charge in [0.25, 0.3) is 0 Å². The highest BCUT2D eigenvalue weighted by atomic mass is 16.2. The molecule has 1 aliphatic rings. The Morgan fingerprint density at radius 1 is 1.41 bits per heavy atom. The molecule has 0 radical (unpaired) electrons. The lowest BCUT2D eigenvalue weighted by Gasteiger charge is -2.27. The monoisotopic (exact) mass is 240 g/mol. The Labute approximate surface area is 104 Å². The van der Waals surface area contributed by atoms with E-state index in [1.807, 2.05) is 18.7 Å². The van der Waals surface area contributed by atoms with Crippen molar-refractivity contribution < 1.29 is 9.59 Å². The average molecular weight is 240 g/mol. The Bertz CT molecular complexity index is 279. The fraction of sp³-hybridized carbons (Fsp3) is 0.846. The van der Waals surface area contributed by atoms with Crippen LogP contribution < -0.4 is 5.32 Å². The van der Waals surface area contributed by atoms with E-state index in [1.165, 1.54) is 0 Å². The topological polar surface area (TPSA) is 49.4 Å². The number of hydrogen-bond acceptors (Lipinski definition) is 2. The lowest BCUT2D eigenvalue weighted by molar-refractivity contribution is -0.135. The number of unbranched alkanes of at least 4 members (excludes halogenated alkanes) is 1. The number of nitrogens with zero attached hydrogens (tertiary/aromatic N) is 1. The number of carbonyl (C=O) groups is 2. The first-order valence-electron chi connectivity index (χ1n) is 6.68. The van der Waals surface area contributed by atoms with Gasteiger partial charge in [0.15, 0.2) is 0 Å². The van der Waals surface area contributed by atoms with Gasteiger partial charge in [-0.1, -0.05) is 33.6 Å². The first kappa shape index (κ1) is 14.0. The molecular formula is C13H24N2O2. The molecular weight excluding hydrogens is 216 g/mol. The fourth-order valence-corrected chi connectivity index (χ4v) is 2.04. The van der Waals surface area contributed by atoms with Gasteiger partial charge < -0.3 is 10.2 Å². The highest BCUT2D eigenvalue weighted by Crippen LogP contribution is 2.14. The van der Waals surface area contributed by atoms with E-state index in [1.54, 1.807) is 0 Å². The molecule has 1 rings (SSSR count). The van der Waals surface area contributed by atoms with E-state index in [0.29, 0.717) is 13.0 Å². The number of hydrogen-bond donors (Lipinski definition) is 1. The molecule has 0 aromatic heterocycles. The summed E-state index contributed by atoms with van der Waals surface area (Å²) in [6.07, 6.45) is 3.41. The first-order chi connectivity index (χ1) is 8.10. The normalized spacial score (nSPS) is 23.2. The van der Waals surface area contributed by atoms with Gasteiger partial charge in [0, 0.05) is 19.5 Å². The largest absolute Gasteiger partial charge is 0.344 e. The zero-order valence-corrected chi connectivity index (χ0v) is 11.2. The molecule has 0 saturated carbocycles. The summed E-state index contributed by atoms with van der Waals surface area (Å²) in [5, 5.41) is 2.86. The Hall–Kier alpha value is -1.06. The zero-order chi connectivity index (χ0) is 12.8. The molecule has 0 spiro atoms. The minimum absolute atomic E-state index is 0.00245. The van der Waals surface area contributed by atoms with Gasteiger partial charge in [0.1, 0.15) is 6.04 Å². The van der Waals surface area contributed by atoms with Crippen molar-refractivity contribution in [2.24, 2.45) is 5.92 Å². The maximum Gasteiger partial charge on any atom is 0.245 e. The fourth-order valence-electron chi connectivity index (χ4n) is 2.04. The molecule has 1 aliphatic heterocycles. The predicted octanol–water partition coefficient (Wildman–Crippen LogP) is 1.55. The van der Waals surface area contributed by atoms with E-state index in [2.05, 4.69) is 12.2 Å². The second-order valence-electron chi connectivity index (χ2n) is 4.86. The quantitative estimate of drug-likeness (QED) is 0.792. The average Bonchev–Trinajstić information content (AvgIpc) is 2.47. The van der Waals surface area contributed by atoms with Crippen LogP contribution in [-0.2, 0) is 9.59 Å². The van der Waals surface area contributed by atoms with E-state index in [9.17, 15) is 9.59 Å². The van der Waals surface area contributed by atoms with Gasteiger partial charge in [-0.3, -0.25) is 9.59 Å². The van der Waals surface area contributed by atoms with Crippen molar-refractivity contribution in [3.8, 4) is 0 Å². The number of rotatable bonds is 5. The summed E-state index contributed by atoms with van der Waals surface area (Å²) < 4.78 is 0. The van der Waals surface area contributed by atoms with E-state index in [0.717, 1.165) is 25.8 Å². The number of carbonyl (C=O) groups excluding carboxylic acids is 2. The standard InChI is InChI=1S/C13H24N2O2/c1-4-6-8-15-9-7-11(16)14-12(13(15)17)10(3)5-2/h10,12H,4-9H2,1-3H3,(H,14,16). The van der Waals surface area contributed by atoms with Crippen LogP contribution in [0.25, 0.3) is 0 Å². The molecule has 17 heavy (non-hydrogen) atoms. The van der Waals surface area contributed by atoms with Crippen LogP contribution in [0.5, 0.6) is 0 Å². The molecule has 1 N–H and O–H groups in total. The van der Waals surface area contributed by atoms with E-state index in [-0.39, 0.29) is 23.8 Å². The Kier molecular flexibility index (Phi) is 5.45. The molecule has 0 bridgehead atoms. The van der Waals surface area contributed by atoms with Crippen LogP contribution in [0, 0.1) is 5.92 Å². The van der Waals surface area contributed by atoms with Crippen LogP contribution >= 0.6 is 0 Å². The second-order valence-corrected chi connectivity index (χ2v) is 4.86. The molecule has 1 heterocycles. The van der Waals surface area contributed by atoms with Gasteiger partial charge in [0.05, 0.1) is 0 Å². The molecule has 4 nitrogen and oxygen atoms in total. The maximum absolute atomic E-state index is 12.3. The number of nitrogens with one attached hydrogen (secondary N) is 1. The third kappa shape index (κ3) is 3.72. The van der Waals surface area contributed by atoms with E-state index in [4.69, 9.17) is 0 Å². The molecule has 2 atom stereocenters. The predicted molar refractivity (Wildman–Crippen MR) is 67.5 cm³/mol. The summed E-state index contributed by atoms with van der Waals surface area (Å²) >= 11 is 0. The van der Waals surface area contributed by atoms with E-state index >= 15 is 0 Å². The van der Waals surface area contributed by atoms with Crippen LogP contribution in [0.15, 0.2) is 0 Å². The molecule has 1 fully saturated rings. The minimum atomic E-state index is -0.327. The summed E-state index contributed by atoms with van der Waals surface area (Å²) in [4.78, 5) is 25.7. The van der Waals surface area contributed by atoms with Gasteiger partial charge in [-0.2, -0.15) is 0 Å². The Balaban J connectivity index is 2.74. The maximum atomic E-state index is 12.3. The smallest absolute Gasteiger partial charge is 0.245 e. The van der Waals surface area contributed by atoms with E-state index < -0.39 is 0 Å². The van der Waals surface area contributed by atoms with Crippen molar-refractivity contribution in [2.75, 3.05) is 13.1 Å². The highest BCUT2D eigenvalue weighted by Gasteiger charge is 2.32. The van der Waals surface area contributed by atoms with Crippen molar-refractivity contribution in [3.63, 3.8) is 0 Å². The third-order valence-electron chi connectivity index (χ3n) is 3.50. The van der Waals surface area contributed by atoms with Crippen LogP contribution in [0.2, 0.25) is 0 Å². The molecule has 0 aromatic rings. The number of amides is 2. The lowest BCUT2D eigenvalue weighted by Crippen LogP contribution is -2.48. The van der Waals surface area contributed by atoms with Gasteiger partial charge in [0.2, 0.25) is 11.8 Å². The molecule has 4 heteroatoms. The van der Waals surface area contributed by atoms with Crippen LogP contribution in [0.3, 0.4) is 0 Å². The second kappa shape index (κ2) is 6.62. The van der Waals surface area contributed by atoms with Gasteiger partial charge >= 0.3 is 0 Å². The van der Waals surface area contributed by atoms with Crippen LogP contribution in [0.4, 0.5) is 0 Å². The Morgan fingerprint density at radius 3 is 2.71 bits per heavy atom. The summed E-state index contributed by atoms with van der Waals surface area (Å²) in [5.74, 6) is 0.301. The van der Waals surface area contributed by atoms with Crippen molar-refractivity contribution in [3.05, 3.63) is 0 Å².